The maximum absolute atomic E-state index is 12.9. The molecule has 0 bridgehead atoms. The average Bonchev–Trinajstić information content (AvgIpc) is 2.89. The minimum atomic E-state index is -0.316. The van der Waals surface area contributed by atoms with Crippen LogP contribution in [-0.4, -0.2) is 15.7 Å². The van der Waals surface area contributed by atoms with Crippen molar-refractivity contribution in [2.24, 2.45) is 0 Å². The third kappa shape index (κ3) is 3.31. The Hall–Kier alpha value is -2.66. The molecule has 1 aromatic heterocycles. The normalized spacial score (nSPS) is 10.6. The van der Waals surface area contributed by atoms with Gasteiger partial charge in [-0.2, -0.15) is 5.10 Å². The van der Waals surface area contributed by atoms with Crippen molar-refractivity contribution < 1.29 is 9.18 Å². The molecule has 3 rings (SSSR count). The Morgan fingerprint density at radius 1 is 1.17 bits per heavy atom. The van der Waals surface area contributed by atoms with Crippen LogP contribution in [0, 0.1) is 12.7 Å². The number of amides is 1. The summed E-state index contributed by atoms with van der Waals surface area (Å²) < 4.78 is 14.4. The van der Waals surface area contributed by atoms with E-state index in [1.54, 1.807) is 19.1 Å². The molecule has 122 valence electrons. The number of rotatable bonds is 4. The van der Waals surface area contributed by atoms with Gasteiger partial charge in [-0.3, -0.25) is 4.79 Å². The number of carbonyl (C=O) groups excluding carboxylic acids is 1. The predicted octanol–water partition coefficient (Wildman–Crippen LogP) is 3.90. The first-order valence-corrected chi connectivity index (χ1v) is 7.77. The zero-order valence-electron chi connectivity index (χ0n) is 13.0. The van der Waals surface area contributed by atoms with Gasteiger partial charge in [0.1, 0.15) is 11.0 Å². The number of benzene rings is 2. The molecule has 1 heterocycles. The summed E-state index contributed by atoms with van der Waals surface area (Å²) in [5.41, 5.74) is 2.46. The maximum atomic E-state index is 12.9. The molecule has 0 spiro atoms. The molecule has 1 N–H and O–H groups in total. The van der Waals surface area contributed by atoms with Crippen molar-refractivity contribution in [3.05, 3.63) is 82.4 Å². The van der Waals surface area contributed by atoms with E-state index in [9.17, 15) is 9.18 Å². The Bertz CT molecular complexity index is 860. The number of hydrogen-bond acceptors (Lipinski definition) is 2. The van der Waals surface area contributed by atoms with Crippen molar-refractivity contribution >= 4 is 17.5 Å². The monoisotopic (exact) mass is 343 g/mol. The summed E-state index contributed by atoms with van der Waals surface area (Å²) in [5, 5.41) is 7.38. The summed E-state index contributed by atoms with van der Waals surface area (Å²) in [6, 6.07) is 15.3. The minimum Gasteiger partial charge on any atom is -0.348 e. The number of hydrogen-bond donors (Lipinski definition) is 1. The first-order chi connectivity index (χ1) is 11.6. The van der Waals surface area contributed by atoms with Crippen molar-refractivity contribution in [2.45, 2.75) is 13.5 Å². The zero-order chi connectivity index (χ0) is 17.1. The second kappa shape index (κ2) is 6.84. The molecule has 0 aliphatic carbocycles. The van der Waals surface area contributed by atoms with Crippen LogP contribution in [0.2, 0.25) is 5.15 Å². The Balaban J connectivity index is 1.80. The highest BCUT2D eigenvalue weighted by molar-refractivity contribution is 6.33. The Morgan fingerprint density at radius 2 is 1.83 bits per heavy atom. The molecule has 1 amide bonds. The Labute approximate surface area is 143 Å². The summed E-state index contributed by atoms with van der Waals surface area (Å²) in [4.78, 5) is 12.4. The lowest BCUT2D eigenvalue weighted by molar-refractivity contribution is 0.0950. The summed E-state index contributed by atoms with van der Waals surface area (Å²) in [5.74, 6) is -0.628. The van der Waals surface area contributed by atoms with Gasteiger partial charge in [0.05, 0.1) is 16.9 Å². The van der Waals surface area contributed by atoms with Gasteiger partial charge in [0.15, 0.2) is 0 Å². The van der Waals surface area contributed by atoms with Crippen LogP contribution in [0.15, 0.2) is 54.6 Å². The molecule has 0 atom stereocenters. The summed E-state index contributed by atoms with van der Waals surface area (Å²) >= 11 is 6.35. The van der Waals surface area contributed by atoms with Crippen molar-refractivity contribution in [3.8, 4) is 5.69 Å². The molecule has 0 saturated carbocycles. The largest absolute Gasteiger partial charge is 0.348 e. The summed E-state index contributed by atoms with van der Waals surface area (Å²) in [7, 11) is 0. The Morgan fingerprint density at radius 3 is 2.50 bits per heavy atom. The highest BCUT2D eigenvalue weighted by Gasteiger charge is 2.20. The molecule has 6 heteroatoms. The van der Waals surface area contributed by atoms with Gasteiger partial charge in [0, 0.05) is 6.54 Å². The van der Waals surface area contributed by atoms with Crippen molar-refractivity contribution in [2.75, 3.05) is 0 Å². The van der Waals surface area contributed by atoms with Crippen molar-refractivity contribution in [3.63, 3.8) is 0 Å². The molecule has 0 saturated heterocycles. The van der Waals surface area contributed by atoms with E-state index in [1.165, 1.54) is 16.8 Å². The molecule has 4 nitrogen and oxygen atoms in total. The van der Waals surface area contributed by atoms with E-state index in [0.717, 1.165) is 11.3 Å². The molecular weight excluding hydrogens is 329 g/mol. The van der Waals surface area contributed by atoms with Crippen LogP contribution in [0.5, 0.6) is 0 Å². The van der Waals surface area contributed by atoms with Gasteiger partial charge in [-0.15, -0.1) is 0 Å². The lowest BCUT2D eigenvalue weighted by Crippen LogP contribution is -2.23. The van der Waals surface area contributed by atoms with Crippen LogP contribution in [-0.2, 0) is 6.54 Å². The number of para-hydroxylation sites is 1. The van der Waals surface area contributed by atoms with Gasteiger partial charge in [0.2, 0.25) is 0 Å². The number of aryl methyl sites for hydroxylation is 1. The van der Waals surface area contributed by atoms with E-state index in [1.807, 2.05) is 30.3 Å². The first-order valence-electron chi connectivity index (χ1n) is 7.39. The van der Waals surface area contributed by atoms with E-state index in [-0.39, 0.29) is 23.4 Å². The van der Waals surface area contributed by atoms with Crippen LogP contribution in [0.25, 0.3) is 5.69 Å². The van der Waals surface area contributed by atoms with E-state index in [4.69, 9.17) is 11.6 Å². The Kier molecular flexibility index (Phi) is 4.62. The lowest BCUT2D eigenvalue weighted by Gasteiger charge is -2.06. The third-order valence-corrected chi connectivity index (χ3v) is 3.95. The molecule has 0 fully saturated rings. The second-order valence-electron chi connectivity index (χ2n) is 5.31. The average molecular weight is 344 g/mol. The van der Waals surface area contributed by atoms with Crippen LogP contribution < -0.4 is 5.32 Å². The van der Waals surface area contributed by atoms with E-state index < -0.39 is 0 Å². The van der Waals surface area contributed by atoms with Gasteiger partial charge >= 0.3 is 0 Å². The van der Waals surface area contributed by atoms with Crippen LogP contribution >= 0.6 is 11.6 Å². The fourth-order valence-corrected chi connectivity index (χ4v) is 2.73. The second-order valence-corrected chi connectivity index (χ2v) is 5.67. The highest BCUT2D eigenvalue weighted by Crippen LogP contribution is 2.23. The maximum Gasteiger partial charge on any atom is 0.256 e. The summed E-state index contributed by atoms with van der Waals surface area (Å²) in [6.45, 7) is 2.02. The predicted molar refractivity (Wildman–Crippen MR) is 90.9 cm³/mol. The number of carbonyl (C=O) groups is 1. The van der Waals surface area contributed by atoms with Crippen LogP contribution in [0.1, 0.15) is 21.6 Å². The summed E-state index contributed by atoms with van der Waals surface area (Å²) in [6.07, 6.45) is 0. The van der Waals surface area contributed by atoms with E-state index >= 15 is 0 Å². The smallest absolute Gasteiger partial charge is 0.256 e. The first kappa shape index (κ1) is 16.2. The fourth-order valence-electron chi connectivity index (χ4n) is 2.37. The highest BCUT2D eigenvalue weighted by atomic mass is 35.5. The molecular formula is C18H15ClFN3O. The molecule has 24 heavy (non-hydrogen) atoms. The number of nitrogens with one attached hydrogen (secondary N) is 1. The van der Waals surface area contributed by atoms with Crippen LogP contribution in [0.4, 0.5) is 4.39 Å². The van der Waals surface area contributed by atoms with Gasteiger partial charge < -0.3 is 5.32 Å². The minimum absolute atomic E-state index is 0.260. The molecule has 0 radical (unpaired) electrons. The van der Waals surface area contributed by atoms with Gasteiger partial charge in [0.25, 0.3) is 5.91 Å². The van der Waals surface area contributed by atoms with Crippen molar-refractivity contribution in [1.29, 1.82) is 0 Å². The lowest BCUT2D eigenvalue weighted by atomic mass is 10.2. The van der Waals surface area contributed by atoms with Gasteiger partial charge in [-0.1, -0.05) is 41.9 Å². The van der Waals surface area contributed by atoms with E-state index in [0.29, 0.717) is 11.3 Å². The fraction of sp³-hybridized carbons (Fsp3) is 0.111. The van der Waals surface area contributed by atoms with E-state index in [2.05, 4.69) is 10.4 Å². The molecule has 2 aromatic carbocycles. The third-order valence-electron chi connectivity index (χ3n) is 3.60. The zero-order valence-corrected chi connectivity index (χ0v) is 13.7. The van der Waals surface area contributed by atoms with Gasteiger partial charge in [-0.25, -0.2) is 9.07 Å². The number of nitrogens with zero attached hydrogens (tertiary/aromatic N) is 2. The SMILES string of the molecule is Cc1nn(-c2ccccc2)c(Cl)c1C(=O)NCc1ccc(F)cc1. The van der Waals surface area contributed by atoms with Gasteiger partial charge in [-0.05, 0) is 36.8 Å². The quantitative estimate of drug-likeness (QED) is 0.781. The number of halogens is 2. The molecule has 0 unspecified atom stereocenters. The standard InChI is InChI=1S/C18H15ClFN3O/c1-12-16(17(19)23(22-12)15-5-3-2-4-6-15)18(24)21-11-13-7-9-14(20)10-8-13/h2-10H,11H2,1H3,(H,21,24). The molecule has 3 aromatic rings. The topological polar surface area (TPSA) is 46.9 Å². The van der Waals surface area contributed by atoms with Crippen molar-refractivity contribution in [1.82, 2.24) is 15.1 Å². The molecule has 0 aliphatic heterocycles. The molecule has 0 aliphatic rings. The van der Waals surface area contributed by atoms with Crippen LogP contribution in [0.3, 0.4) is 0 Å². The number of aromatic nitrogens is 2.